The van der Waals surface area contributed by atoms with E-state index in [-0.39, 0.29) is 6.03 Å². The molecule has 0 aromatic heterocycles. The van der Waals surface area contributed by atoms with Crippen molar-refractivity contribution in [3.05, 3.63) is 59.7 Å². The Hall–Kier alpha value is -2.49. The van der Waals surface area contributed by atoms with Crippen molar-refractivity contribution in [1.82, 2.24) is 5.32 Å². The van der Waals surface area contributed by atoms with Gasteiger partial charge in [-0.3, -0.25) is 0 Å². The summed E-state index contributed by atoms with van der Waals surface area (Å²) in [5.74, 6) is 0. The van der Waals surface area contributed by atoms with Gasteiger partial charge < -0.3 is 15.5 Å². The Morgan fingerprint density at radius 1 is 1.00 bits per heavy atom. The Labute approximate surface area is 138 Å². The molecule has 0 heterocycles. The lowest BCUT2D eigenvalue weighted by molar-refractivity contribution is 0.251. The number of hydrogen-bond donors (Lipinski definition) is 2. The third-order valence-electron chi connectivity index (χ3n) is 3.95. The van der Waals surface area contributed by atoms with Crippen LogP contribution >= 0.6 is 0 Å². The number of benzene rings is 2. The van der Waals surface area contributed by atoms with Gasteiger partial charge in [-0.1, -0.05) is 24.3 Å². The molecule has 23 heavy (non-hydrogen) atoms. The van der Waals surface area contributed by atoms with E-state index in [1.165, 1.54) is 11.3 Å². The van der Waals surface area contributed by atoms with Gasteiger partial charge in [0.15, 0.2) is 0 Å². The van der Waals surface area contributed by atoms with Crippen molar-refractivity contribution < 1.29 is 4.79 Å². The van der Waals surface area contributed by atoms with E-state index in [1.807, 2.05) is 55.5 Å². The van der Waals surface area contributed by atoms with Gasteiger partial charge in [0.05, 0.1) is 0 Å². The first kappa shape index (κ1) is 16.9. The summed E-state index contributed by atoms with van der Waals surface area (Å²) < 4.78 is 0. The Bertz CT molecular complexity index is 633. The van der Waals surface area contributed by atoms with Crippen molar-refractivity contribution in [1.29, 1.82) is 0 Å². The van der Waals surface area contributed by atoms with Gasteiger partial charge in [-0.05, 0) is 56.2 Å². The Morgan fingerprint density at radius 3 is 2.26 bits per heavy atom. The predicted molar refractivity (Wildman–Crippen MR) is 97.0 cm³/mol. The molecule has 0 saturated carbocycles. The molecule has 0 aliphatic rings. The average molecular weight is 311 g/mol. The zero-order valence-electron chi connectivity index (χ0n) is 14.1. The Kier molecular flexibility index (Phi) is 6.03. The van der Waals surface area contributed by atoms with E-state index in [1.54, 1.807) is 0 Å². The minimum atomic E-state index is -0.191. The second-order valence-corrected chi connectivity index (χ2v) is 5.45. The van der Waals surface area contributed by atoms with Crippen LogP contribution in [-0.4, -0.2) is 19.1 Å². The third kappa shape index (κ3) is 4.74. The van der Waals surface area contributed by atoms with Crippen LogP contribution in [0.5, 0.6) is 0 Å². The van der Waals surface area contributed by atoms with E-state index < -0.39 is 0 Å². The number of carbonyl (C=O) groups is 1. The molecule has 2 N–H and O–H groups in total. The molecule has 0 spiro atoms. The molecule has 0 atom stereocenters. The number of aryl methyl sites for hydroxylation is 1. The molecule has 0 saturated heterocycles. The molecule has 2 aromatic rings. The highest BCUT2D eigenvalue weighted by atomic mass is 16.2. The van der Waals surface area contributed by atoms with Gasteiger partial charge in [-0.2, -0.15) is 0 Å². The highest BCUT2D eigenvalue weighted by molar-refractivity contribution is 5.89. The van der Waals surface area contributed by atoms with Crippen LogP contribution < -0.4 is 15.5 Å². The summed E-state index contributed by atoms with van der Waals surface area (Å²) in [6.45, 7) is 8.78. The maximum Gasteiger partial charge on any atom is 0.319 e. The van der Waals surface area contributed by atoms with E-state index >= 15 is 0 Å². The van der Waals surface area contributed by atoms with E-state index in [4.69, 9.17) is 0 Å². The van der Waals surface area contributed by atoms with Crippen LogP contribution in [0.15, 0.2) is 48.5 Å². The van der Waals surface area contributed by atoms with Crippen molar-refractivity contribution in [2.75, 3.05) is 23.3 Å². The quantitative estimate of drug-likeness (QED) is 0.841. The average Bonchev–Trinajstić information content (AvgIpc) is 2.57. The summed E-state index contributed by atoms with van der Waals surface area (Å²) in [4.78, 5) is 14.3. The van der Waals surface area contributed by atoms with Crippen LogP contribution in [0.25, 0.3) is 0 Å². The summed E-state index contributed by atoms with van der Waals surface area (Å²) >= 11 is 0. The van der Waals surface area contributed by atoms with Gasteiger partial charge in [-0.15, -0.1) is 0 Å². The van der Waals surface area contributed by atoms with Crippen molar-refractivity contribution >= 4 is 17.4 Å². The number of nitrogens with zero attached hydrogens (tertiary/aromatic N) is 1. The molecule has 0 radical (unpaired) electrons. The third-order valence-corrected chi connectivity index (χ3v) is 3.95. The van der Waals surface area contributed by atoms with Crippen LogP contribution in [0.2, 0.25) is 0 Å². The summed E-state index contributed by atoms with van der Waals surface area (Å²) in [6, 6.07) is 15.8. The Morgan fingerprint density at radius 2 is 1.65 bits per heavy atom. The molecular formula is C19H25N3O. The summed E-state index contributed by atoms with van der Waals surface area (Å²) in [6.07, 6.45) is 0. The second kappa shape index (κ2) is 8.22. The minimum absolute atomic E-state index is 0.191. The van der Waals surface area contributed by atoms with Gasteiger partial charge >= 0.3 is 6.03 Å². The monoisotopic (exact) mass is 311 g/mol. The first-order valence-corrected chi connectivity index (χ1v) is 8.08. The Balaban J connectivity index is 1.89. The number of anilines is 2. The van der Waals surface area contributed by atoms with Crippen molar-refractivity contribution in [2.24, 2.45) is 0 Å². The number of carbonyl (C=O) groups excluding carboxylic acids is 1. The molecule has 4 nitrogen and oxygen atoms in total. The maximum absolute atomic E-state index is 12.0. The number of urea groups is 1. The van der Waals surface area contributed by atoms with Crippen LogP contribution in [0.3, 0.4) is 0 Å². The normalized spacial score (nSPS) is 10.2. The topological polar surface area (TPSA) is 44.4 Å². The highest BCUT2D eigenvalue weighted by Crippen LogP contribution is 2.17. The van der Waals surface area contributed by atoms with Gasteiger partial charge in [0.25, 0.3) is 0 Å². The summed E-state index contributed by atoms with van der Waals surface area (Å²) in [7, 11) is 0. The number of amides is 2. The van der Waals surface area contributed by atoms with E-state index in [0.29, 0.717) is 6.54 Å². The fraction of sp³-hybridized carbons (Fsp3) is 0.316. The first-order chi connectivity index (χ1) is 11.1. The standard InChI is InChI=1S/C19H25N3O/c1-4-22(5-2)18-12-10-17(11-13-18)21-19(23)20-14-16-9-7-6-8-15(16)3/h6-13H,4-5,14H2,1-3H3,(H2,20,21,23). The first-order valence-electron chi connectivity index (χ1n) is 8.08. The molecule has 4 heteroatoms. The van der Waals surface area contributed by atoms with Crippen LogP contribution in [0.1, 0.15) is 25.0 Å². The molecule has 122 valence electrons. The van der Waals surface area contributed by atoms with Gasteiger partial charge in [0.1, 0.15) is 0 Å². The number of rotatable bonds is 6. The van der Waals surface area contributed by atoms with E-state index in [9.17, 15) is 4.79 Å². The van der Waals surface area contributed by atoms with Crippen LogP contribution in [0.4, 0.5) is 16.2 Å². The zero-order valence-corrected chi connectivity index (χ0v) is 14.1. The van der Waals surface area contributed by atoms with Crippen molar-refractivity contribution in [3.63, 3.8) is 0 Å². The smallest absolute Gasteiger partial charge is 0.319 e. The van der Waals surface area contributed by atoms with E-state index in [2.05, 4.69) is 29.4 Å². The van der Waals surface area contributed by atoms with Crippen LogP contribution in [-0.2, 0) is 6.54 Å². The van der Waals surface area contributed by atoms with Crippen molar-refractivity contribution in [3.8, 4) is 0 Å². The SMILES string of the molecule is CCN(CC)c1ccc(NC(=O)NCc2ccccc2C)cc1. The van der Waals surface area contributed by atoms with E-state index in [0.717, 1.165) is 24.3 Å². The second-order valence-electron chi connectivity index (χ2n) is 5.45. The lowest BCUT2D eigenvalue weighted by Crippen LogP contribution is -2.28. The van der Waals surface area contributed by atoms with Crippen LogP contribution in [0, 0.1) is 6.92 Å². The molecule has 0 aliphatic carbocycles. The fourth-order valence-corrected chi connectivity index (χ4v) is 2.50. The molecule has 2 aromatic carbocycles. The lowest BCUT2D eigenvalue weighted by Gasteiger charge is -2.21. The molecule has 0 fully saturated rings. The largest absolute Gasteiger partial charge is 0.372 e. The molecule has 2 rings (SSSR count). The van der Waals surface area contributed by atoms with Gasteiger partial charge in [-0.25, -0.2) is 4.79 Å². The van der Waals surface area contributed by atoms with Gasteiger partial charge in [0, 0.05) is 31.0 Å². The minimum Gasteiger partial charge on any atom is -0.372 e. The maximum atomic E-state index is 12.0. The molecule has 0 bridgehead atoms. The summed E-state index contributed by atoms with van der Waals surface area (Å²) in [5.41, 5.74) is 4.26. The molecule has 0 unspecified atom stereocenters. The molecule has 0 aliphatic heterocycles. The van der Waals surface area contributed by atoms with Gasteiger partial charge in [0.2, 0.25) is 0 Å². The highest BCUT2D eigenvalue weighted by Gasteiger charge is 2.05. The number of nitrogens with one attached hydrogen (secondary N) is 2. The van der Waals surface area contributed by atoms with Crippen molar-refractivity contribution in [2.45, 2.75) is 27.3 Å². The predicted octanol–water partition coefficient (Wildman–Crippen LogP) is 4.16. The number of hydrogen-bond acceptors (Lipinski definition) is 2. The fourth-order valence-electron chi connectivity index (χ4n) is 2.50. The summed E-state index contributed by atoms with van der Waals surface area (Å²) in [5, 5.41) is 5.75. The zero-order chi connectivity index (χ0) is 16.7. The molecular weight excluding hydrogens is 286 g/mol. The molecule has 2 amide bonds. The lowest BCUT2D eigenvalue weighted by atomic mass is 10.1.